The number of nitrogens with one attached hydrogen (secondary N) is 1. The third kappa shape index (κ3) is 4.86. The monoisotopic (exact) mass is 286 g/mol. The van der Waals surface area contributed by atoms with Crippen LogP contribution in [0.3, 0.4) is 0 Å². The van der Waals surface area contributed by atoms with Gasteiger partial charge in [-0.1, -0.05) is 0 Å². The molecule has 1 aromatic rings. The maximum Gasteiger partial charge on any atom is 0.167 e. The zero-order valence-corrected chi connectivity index (χ0v) is 12.4. The van der Waals surface area contributed by atoms with Gasteiger partial charge in [-0.3, -0.25) is 0 Å². The minimum Gasteiger partial charge on any atom is -0.488 e. The Bertz CT molecular complexity index is 427. The average molecular weight is 286 g/mol. The quantitative estimate of drug-likeness (QED) is 0.718. The van der Waals surface area contributed by atoms with Gasteiger partial charge in [0.05, 0.1) is 30.2 Å². The van der Waals surface area contributed by atoms with E-state index in [0.29, 0.717) is 24.5 Å². The molecule has 20 heavy (non-hydrogen) atoms. The van der Waals surface area contributed by atoms with Crippen LogP contribution in [0, 0.1) is 5.82 Å². The minimum atomic E-state index is -0.470. The normalized spacial score (nSPS) is 12.5. The van der Waals surface area contributed by atoms with Crippen LogP contribution < -0.4 is 15.8 Å². The fourth-order valence-corrected chi connectivity index (χ4v) is 1.69. The van der Waals surface area contributed by atoms with Crippen molar-refractivity contribution in [1.82, 2.24) is 0 Å². The average Bonchev–Trinajstić information content (AvgIpc) is 2.38. The molecular formula is C14H23FN2O3. The first-order chi connectivity index (χ1) is 9.47. The van der Waals surface area contributed by atoms with Crippen LogP contribution in [0.25, 0.3) is 0 Å². The molecule has 0 radical (unpaired) electrons. The van der Waals surface area contributed by atoms with E-state index in [1.165, 1.54) is 6.07 Å². The maximum absolute atomic E-state index is 13.7. The highest BCUT2D eigenvalue weighted by molar-refractivity contribution is 5.68. The van der Waals surface area contributed by atoms with Crippen molar-refractivity contribution in [1.29, 1.82) is 0 Å². The van der Waals surface area contributed by atoms with Gasteiger partial charge in [0.15, 0.2) is 11.6 Å². The summed E-state index contributed by atoms with van der Waals surface area (Å²) in [4.78, 5) is 0. The Labute approximate surface area is 119 Å². The second kappa shape index (κ2) is 7.91. The molecule has 1 aromatic carbocycles. The minimum absolute atomic E-state index is 0.110. The van der Waals surface area contributed by atoms with Crippen LogP contribution in [0.2, 0.25) is 0 Å². The first-order valence-corrected chi connectivity index (χ1v) is 6.49. The van der Waals surface area contributed by atoms with E-state index in [0.717, 1.165) is 0 Å². The zero-order valence-electron chi connectivity index (χ0n) is 12.4. The molecule has 0 amide bonds. The van der Waals surface area contributed by atoms with Crippen LogP contribution >= 0.6 is 0 Å². The van der Waals surface area contributed by atoms with Crippen molar-refractivity contribution in [3.63, 3.8) is 0 Å². The molecule has 114 valence electrons. The number of halogens is 1. The number of hydrogen-bond donors (Lipinski definition) is 2. The number of nitrogens with two attached hydrogens (primary N) is 1. The standard InChI is InChI=1S/C14H23FN2O3/c1-9(2)20-14-6-13(12(16)5-11(14)15)17-7-10(19-4)8-18-3/h5-6,9-10,17H,7-8,16H2,1-4H3. The summed E-state index contributed by atoms with van der Waals surface area (Å²) < 4.78 is 29.4. The third-order valence-electron chi connectivity index (χ3n) is 2.67. The lowest BCUT2D eigenvalue weighted by atomic mass is 10.2. The van der Waals surface area contributed by atoms with E-state index < -0.39 is 5.82 Å². The fraction of sp³-hybridized carbons (Fsp3) is 0.571. The summed E-state index contributed by atoms with van der Waals surface area (Å²) in [5, 5.41) is 3.11. The Morgan fingerprint density at radius 3 is 2.55 bits per heavy atom. The smallest absolute Gasteiger partial charge is 0.167 e. The molecule has 1 atom stereocenters. The first kappa shape index (κ1) is 16.5. The molecule has 3 N–H and O–H groups in total. The number of methoxy groups -OCH3 is 2. The summed E-state index contributed by atoms with van der Waals surface area (Å²) in [6.45, 7) is 4.63. The lowest BCUT2D eigenvalue weighted by Gasteiger charge is -2.18. The SMILES string of the molecule is COCC(CNc1cc(OC(C)C)c(F)cc1N)OC. The van der Waals surface area contributed by atoms with Crippen LogP contribution in [-0.4, -0.2) is 39.6 Å². The molecule has 0 aliphatic rings. The molecule has 0 aromatic heterocycles. The van der Waals surface area contributed by atoms with Crippen molar-refractivity contribution in [3.8, 4) is 5.75 Å². The van der Waals surface area contributed by atoms with E-state index in [-0.39, 0.29) is 18.0 Å². The lowest BCUT2D eigenvalue weighted by molar-refractivity contribution is 0.0366. The molecule has 0 aliphatic heterocycles. The van der Waals surface area contributed by atoms with Crippen molar-refractivity contribution in [3.05, 3.63) is 17.9 Å². The molecule has 0 heterocycles. The Morgan fingerprint density at radius 1 is 1.30 bits per heavy atom. The molecule has 0 bridgehead atoms. The van der Waals surface area contributed by atoms with E-state index in [9.17, 15) is 4.39 Å². The molecule has 1 unspecified atom stereocenters. The van der Waals surface area contributed by atoms with Crippen LogP contribution in [0.5, 0.6) is 5.75 Å². The summed E-state index contributed by atoms with van der Waals surface area (Å²) >= 11 is 0. The zero-order chi connectivity index (χ0) is 15.1. The predicted octanol–water partition coefficient (Wildman–Crippen LogP) is 2.27. The summed E-state index contributed by atoms with van der Waals surface area (Å²) in [6, 6.07) is 2.81. The first-order valence-electron chi connectivity index (χ1n) is 6.49. The second-order valence-corrected chi connectivity index (χ2v) is 4.73. The molecule has 0 saturated heterocycles. The van der Waals surface area contributed by atoms with Gasteiger partial charge in [0.2, 0.25) is 0 Å². The molecule has 0 saturated carbocycles. The number of anilines is 2. The van der Waals surface area contributed by atoms with Gasteiger partial charge < -0.3 is 25.3 Å². The van der Waals surface area contributed by atoms with Gasteiger partial charge in [-0.15, -0.1) is 0 Å². The number of rotatable bonds is 8. The van der Waals surface area contributed by atoms with Crippen LogP contribution in [0.1, 0.15) is 13.8 Å². The van der Waals surface area contributed by atoms with Crippen molar-refractivity contribution < 1.29 is 18.6 Å². The Morgan fingerprint density at radius 2 is 2.00 bits per heavy atom. The van der Waals surface area contributed by atoms with Gasteiger partial charge >= 0.3 is 0 Å². The molecule has 5 nitrogen and oxygen atoms in total. The number of nitrogen functional groups attached to an aromatic ring is 1. The molecular weight excluding hydrogens is 263 g/mol. The van der Waals surface area contributed by atoms with E-state index in [2.05, 4.69) is 5.32 Å². The van der Waals surface area contributed by atoms with Crippen molar-refractivity contribution in [2.45, 2.75) is 26.1 Å². The highest BCUT2D eigenvalue weighted by Crippen LogP contribution is 2.28. The molecule has 0 aliphatic carbocycles. The van der Waals surface area contributed by atoms with Crippen LogP contribution in [0.15, 0.2) is 12.1 Å². The molecule has 0 spiro atoms. The molecule has 1 rings (SSSR count). The van der Waals surface area contributed by atoms with Gasteiger partial charge in [-0.2, -0.15) is 0 Å². The van der Waals surface area contributed by atoms with Crippen LogP contribution in [-0.2, 0) is 9.47 Å². The van der Waals surface area contributed by atoms with E-state index >= 15 is 0 Å². The van der Waals surface area contributed by atoms with Gasteiger partial charge in [0, 0.05) is 32.9 Å². The number of ether oxygens (including phenoxy) is 3. The third-order valence-corrected chi connectivity index (χ3v) is 2.67. The number of hydrogen-bond acceptors (Lipinski definition) is 5. The van der Waals surface area contributed by atoms with Crippen molar-refractivity contribution in [2.75, 3.05) is 38.4 Å². The Balaban J connectivity index is 2.78. The van der Waals surface area contributed by atoms with Gasteiger partial charge in [-0.25, -0.2) is 4.39 Å². The lowest BCUT2D eigenvalue weighted by Crippen LogP contribution is -2.26. The maximum atomic E-state index is 13.7. The number of benzene rings is 1. The predicted molar refractivity (Wildman–Crippen MR) is 77.7 cm³/mol. The van der Waals surface area contributed by atoms with Gasteiger partial charge in [-0.05, 0) is 13.8 Å². The Kier molecular flexibility index (Phi) is 6.54. The Hall–Kier alpha value is -1.53. The highest BCUT2D eigenvalue weighted by atomic mass is 19.1. The van der Waals surface area contributed by atoms with E-state index in [1.54, 1.807) is 20.3 Å². The fourth-order valence-electron chi connectivity index (χ4n) is 1.69. The van der Waals surface area contributed by atoms with Crippen molar-refractivity contribution >= 4 is 11.4 Å². The van der Waals surface area contributed by atoms with Crippen molar-refractivity contribution in [2.24, 2.45) is 0 Å². The topological polar surface area (TPSA) is 65.7 Å². The van der Waals surface area contributed by atoms with Crippen LogP contribution in [0.4, 0.5) is 15.8 Å². The highest BCUT2D eigenvalue weighted by Gasteiger charge is 2.12. The molecule has 0 fully saturated rings. The van der Waals surface area contributed by atoms with E-state index in [1.807, 2.05) is 13.8 Å². The summed E-state index contributed by atoms with van der Waals surface area (Å²) in [7, 11) is 3.21. The second-order valence-electron chi connectivity index (χ2n) is 4.73. The summed E-state index contributed by atoms with van der Waals surface area (Å²) in [5.41, 5.74) is 6.73. The van der Waals surface area contributed by atoms with Gasteiger partial charge in [0.25, 0.3) is 0 Å². The molecule has 6 heteroatoms. The summed E-state index contributed by atoms with van der Waals surface area (Å²) in [6.07, 6.45) is -0.222. The van der Waals surface area contributed by atoms with E-state index in [4.69, 9.17) is 19.9 Å². The largest absolute Gasteiger partial charge is 0.488 e. The summed E-state index contributed by atoms with van der Waals surface area (Å²) in [5.74, 6) is -0.292. The van der Waals surface area contributed by atoms with Gasteiger partial charge in [0.1, 0.15) is 0 Å².